The van der Waals surface area contributed by atoms with E-state index in [9.17, 15) is 8.78 Å². The largest absolute Gasteiger partial charge is 0.378 e. The highest BCUT2D eigenvalue weighted by Gasteiger charge is 2.32. The van der Waals surface area contributed by atoms with Gasteiger partial charge in [0.25, 0.3) is 0 Å². The summed E-state index contributed by atoms with van der Waals surface area (Å²) in [4.78, 5) is 0. The second-order valence-corrected chi connectivity index (χ2v) is 6.47. The summed E-state index contributed by atoms with van der Waals surface area (Å²) in [5, 5.41) is 3.44. The zero-order chi connectivity index (χ0) is 15.4. The summed E-state index contributed by atoms with van der Waals surface area (Å²) in [5.41, 5.74) is 0.150. The van der Waals surface area contributed by atoms with E-state index in [-0.39, 0.29) is 23.6 Å². The van der Waals surface area contributed by atoms with Crippen molar-refractivity contribution in [3.63, 3.8) is 0 Å². The fourth-order valence-electron chi connectivity index (χ4n) is 2.96. The van der Waals surface area contributed by atoms with Crippen molar-refractivity contribution in [3.05, 3.63) is 33.8 Å². The molecule has 1 aliphatic heterocycles. The topological polar surface area (TPSA) is 21.3 Å². The molecule has 0 aromatic heterocycles. The molecule has 0 aliphatic carbocycles. The minimum Gasteiger partial charge on any atom is -0.378 e. The molecule has 0 saturated carbocycles. The van der Waals surface area contributed by atoms with Gasteiger partial charge in [0.15, 0.2) is 0 Å². The van der Waals surface area contributed by atoms with Crippen LogP contribution < -0.4 is 5.32 Å². The van der Waals surface area contributed by atoms with E-state index in [1.54, 1.807) is 0 Å². The van der Waals surface area contributed by atoms with Crippen molar-refractivity contribution >= 4 is 15.9 Å². The van der Waals surface area contributed by atoms with Crippen LogP contribution in [0.25, 0.3) is 0 Å². The van der Waals surface area contributed by atoms with Crippen LogP contribution in [-0.2, 0) is 11.2 Å². The molecule has 1 fully saturated rings. The van der Waals surface area contributed by atoms with Gasteiger partial charge in [-0.3, -0.25) is 0 Å². The molecule has 1 N–H and O–H groups in total. The van der Waals surface area contributed by atoms with E-state index in [2.05, 4.69) is 28.2 Å². The first-order chi connectivity index (χ1) is 10.0. The zero-order valence-electron chi connectivity index (χ0n) is 12.5. The SMILES string of the molecule is CCCNC(Cc1c(F)ccc(Br)c1F)C1CCOC1C. The molecule has 0 spiro atoms. The van der Waals surface area contributed by atoms with Crippen molar-refractivity contribution in [1.82, 2.24) is 5.32 Å². The van der Waals surface area contributed by atoms with Crippen molar-refractivity contribution in [2.75, 3.05) is 13.2 Å². The molecule has 3 atom stereocenters. The number of rotatable bonds is 6. The number of benzene rings is 1. The molecule has 0 radical (unpaired) electrons. The van der Waals surface area contributed by atoms with Gasteiger partial charge in [-0.25, -0.2) is 8.78 Å². The molecular formula is C16H22BrF2NO. The smallest absolute Gasteiger partial charge is 0.143 e. The van der Waals surface area contributed by atoms with E-state index in [0.717, 1.165) is 26.0 Å². The summed E-state index contributed by atoms with van der Waals surface area (Å²) in [6.45, 7) is 5.68. The fraction of sp³-hybridized carbons (Fsp3) is 0.625. The van der Waals surface area contributed by atoms with E-state index in [1.807, 2.05) is 6.92 Å². The van der Waals surface area contributed by atoms with Gasteiger partial charge >= 0.3 is 0 Å². The van der Waals surface area contributed by atoms with Gasteiger partial charge in [-0.1, -0.05) is 6.92 Å². The quantitative estimate of drug-likeness (QED) is 0.771. The van der Waals surface area contributed by atoms with Crippen LogP contribution in [0.2, 0.25) is 0 Å². The minimum atomic E-state index is -0.495. The first kappa shape index (κ1) is 16.8. The molecule has 3 unspecified atom stereocenters. The normalized spacial score (nSPS) is 23.5. The molecule has 2 nitrogen and oxygen atoms in total. The summed E-state index contributed by atoms with van der Waals surface area (Å²) in [7, 11) is 0. The maximum atomic E-state index is 14.2. The van der Waals surface area contributed by atoms with Crippen molar-refractivity contribution < 1.29 is 13.5 Å². The number of ether oxygens (including phenoxy) is 1. The Morgan fingerprint density at radius 1 is 1.43 bits per heavy atom. The Balaban J connectivity index is 2.20. The van der Waals surface area contributed by atoms with Crippen molar-refractivity contribution in [1.29, 1.82) is 0 Å². The fourth-order valence-corrected chi connectivity index (χ4v) is 3.33. The number of hydrogen-bond acceptors (Lipinski definition) is 2. The van der Waals surface area contributed by atoms with E-state index in [0.29, 0.717) is 10.9 Å². The zero-order valence-corrected chi connectivity index (χ0v) is 14.1. The van der Waals surface area contributed by atoms with Gasteiger partial charge in [0.1, 0.15) is 11.6 Å². The molecule has 5 heteroatoms. The van der Waals surface area contributed by atoms with Crippen LogP contribution >= 0.6 is 15.9 Å². The van der Waals surface area contributed by atoms with Gasteiger partial charge in [-0.05, 0) is 60.8 Å². The molecule has 118 valence electrons. The summed E-state index contributed by atoms with van der Waals surface area (Å²) >= 11 is 3.13. The van der Waals surface area contributed by atoms with E-state index < -0.39 is 11.6 Å². The molecule has 0 bridgehead atoms. The van der Waals surface area contributed by atoms with Crippen molar-refractivity contribution in [2.24, 2.45) is 5.92 Å². The lowest BCUT2D eigenvalue weighted by Gasteiger charge is -2.27. The van der Waals surface area contributed by atoms with Crippen LogP contribution in [-0.4, -0.2) is 25.3 Å². The Labute approximate surface area is 133 Å². The Bertz CT molecular complexity index is 484. The molecule has 1 aromatic carbocycles. The minimum absolute atomic E-state index is 0.0285. The Morgan fingerprint density at radius 3 is 2.81 bits per heavy atom. The van der Waals surface area contributed by atoms with Crippen LogP contribution in [0.15, 0.2) is 16.6 Å². The third-order valence-electron chi connectivity index (χ3n) is 4.17. The van der Waals surface area contributed by atoms with Crippen LogP contribution in [0, 0.1) is 17.6 Å². The maximum Gasteiger partial charge on any atom is 0.143 e. The van der Waals surface area contributed by atoms with Crippen LogP contribution in [0.5, 0.6) is 0 Å². The van der Waals surface area contributed by atoms with E-state index >= 15 is 0 Å². The van der Waals surface area contributed by atoms with Gasteiger partial charge in [0, 0.05) is 24.1 Å². The Hall–Kier alpha value is -0.520. The lowest BCUT2D eigenvalue weighted by atomic mass is 9.88. The lowest BCUT2D eigenvalue weighted by molar-refractivity contribution is 0.0951. The predicted molar refractivity (Wildman–Crippen MR) is 83.4 cm³/mol. The van der Waals surface area contributed by atoms with Gasteiger partial charge < -0.3 is 10.1 Å². The summed E-state index contributed by atoms with van der Waals surface area (Å²) in [6.07, 6.45) is 2.38. The van der Waals surface area contributed by atoms with Crippen molar-refractivity contribution in [2.45, 2.75) is 45.3 Å². The van der Waals surface area contributed by atoms with Crippen molar-refractivity contribution in [3.8, 4) is 0 Å². The second-order valence-electron chi connectivity index (χ2n) is 5.61. The molecule has 1 aliphatic rings. The van der Waals surface area contributed by atoms with E-state index in [4.69, 9.17) is 4.74 Å². The number of halogens is 3. The molecule has 0 amide bonds. The summed E-state index contributed by atoms with van der Waals surface area (Å²) < 4.78 is 34.1. The molecule has 1 aromatic rings. The molecular weight excluding hydrogens is 340 g/mol. The first-order valence-electron chi connectivity index (χ1n) is 7.52. The average Bonchev–Trinajstić information content (AvgIpc) is 2.89. The number of hydrogen-bond donors (Lipinski definition) is 1. The highest BCUT2D eigenvalue weighted by atomic mass is 79.9. The van der Waals surface area contributed by atoms with Gasteiger partial charge in [0.2, 0.25) is 0 Å². The molecule has 2 rings (SSSR count). The average molecular weight is 362 g/mol. The van der Waals surface area contributed by atoms with Crippen LogP contribution in [0.3, 0.4) is 0 Å². The van der Waals surface area contributed by atoms with Crippen LogP contribution in [0.4, 0.5) is 8.78 Å². The standard InChI is InChI=1S/C16H22BrF2NO/c1-3-7-20-15(11-6-8-21-10(11)2)9-12-14(18)5-4-13(17)16(12)19/h4-5,10-11,15,20H,3,6-9H2,1-2H3. The van der Waals surface area contributed by atoms with Crippen LogP contribution in [0.1, 0.15) is 32.3 Å². The van der Waals surface area contributed by atoms with Gasteiger partial charge in [-0.2, -0.15) is 0 Å². The molecule has 1 heterocycles. The van der Waals surface area contributed by atoms with E-state index in [1.165, 1.54) is 12.1 Å². The Kier molecular flexibility index (Phi) is 6.14. The maximum absolute atomic E-state index is 14.2. The monoisotopic (exact) mass is 361 g/mol. The predicted octanol–water partition coefficient (Wildman–Crippen LogP) is 4.06. The van der Waals surface area contributed by atoms with Gasteiger partial charge in [-0.15, -0.1) is 0 Å². The molecule has 21 heavy (non-hydrogen) atoms. The lowest BCUT2D eigenvalue weighted by Crippen LogP contribution is -2.41. The second kappa shape index (κ2) is 7.65. The Morgan fingerprint density at radius 2 is 2.19 bits per heavy atom. The summed E-state index contributed by atoms with van der Waals surface area (Å²) in [6, 6.07) is 2.75. The molecule has 1 saturated heterocycles. The summed E-state index contributed by atoms with van der Waals surface area (Å²) in [5.74, 6) is -0.690. The highest BCUT2D eigenvalue weighted by molar-refractivity contribution is 9.10. The number of nitrogens with one attached hydrogen (secondary N) is 1. The third-order valence-corrected chi connectivity index (χ3v) is 4.78. The first-order valence-corrected chi connectivity index (χ1v) is 8.31. The van der Waals surface area contributed by atoms with Gasteiger partial charge in [0.05, 0.1) is 10.6 Å². The third kappa shape index (κ3) is 4.02. The highest BCUT2D eigenvalue weighted by Crippen LogP contribution is 2.29.